The quantitative estimate of drug-likeness (QED) is 0.0522. The van der Waals surface area contributed by atoms with E-state index in [-0.39, 0.29) is 37.2 Å². The van der Waals surface area contributed by atoms with Gasteiger partial charge in [0.1, 0.15) is 23.0 Å². The molecule has 0 fully saturated rings. The highest BCUT2D eigenvalue weighted by molar-refractivity contribution is 5.88. The predicted octanol–water partition coefficient (Wildman–Crippen LogP) is 10.2. The Morgan fingerprint density at radius 1 is 0.500 bits per heavy atom. The number of rotatable bonds is 17. The molecule has 0 N–H and O–H groups in total. The first-order valence-corrected chi connectivity index (χ1v) is 17.7. The molecule has 0 heterocycles. The van der Waals surface area contributed by atoms with E-state index in [2.05, 4.69) is 13.2 Å². The number of hydrogen-bond acceptors (Lipinski definition) is 8. The van der Waals surface area contributed by atoms with Crippen LogP contribution in [0.15, 0.2) is 158 Å². The van der Waals surface area contributed by atoms with Crippen LogP contribution in [0, 0.1) is 0 Å². The van der Waals surface area contributed by atoms with Crippen LogP contribution in [-0.2, 0) is 19.1 Å². The third-order valence-corrected chi connectivity index (χ3v) is 8.44. The highest BCUT2D eigenvalue weighted by Crippen LogP contribution is 2.37. The van der Waals surface area contributed by atoms with Crippen molar-refractivity contribution in [1.29, 1.82) is 0 Å². The van der Waals surface area contributed by atoms with E-state index >= 15 is 0 Å². The Labute approximate surface area is 315 Å². The van der Waals surface area contributed by atoms with Crippen LogP contribution in [0.3, 0.4) is 0 Å². The molecule has 0 spiro atoms. The molecule has 54 heavy (non-hydrogen) atoms. The molecule has 0 saturated heterocycles. The molecule has 0 amide bonds. The van der Waals surface area contributed by atoms with Gasteiger partial charge in [-0.1, -0.05) is 110 Å². The van der Waals surface area contributed by atoms with Gasteiger partial charge in [-0.2, -0.15) is 0 Å². The first-order valence-electron chi connectivity index (χ1n) is 17.7. The molecule has 0 aliphatic rings. The molecule has 0 bridgehead atoms. The molecular weight excluding hydrogens is 680 g/mol. The summed E-state index contributed by atoms with van der Waals surface area (Å²) < 4.78 is 36.2. The van der Waals surface area contributed by atoms with Gasteiger partial charge in [0.05, 0.1) is 26.1 Å². The van der Waals surface area contributed by atoms with Gasteiger partial charge in [0.2, 0.25) is 12.6 Å². The van der Waals surface area contributed by atoms with Gasteiger partial charge in [-0.25, -0.2) is 9.59 Å². The Hall–Kier alpha value is -6.54. The van der Waals surface area contributed by atoms with E-state index in [1.165, 1.54) is 0 Å². The molecule has 0 aliphatic heterocycles. The third kappa shape index (κ3) is 9.86. The first kappa shape index (κ1) is 37.2. The highest BCUT2D eigenvalue weighted by atomic mass is 16.7. The van der Waals surface area contributed by atoms with E-state index in [9.17, 15) is 9.59 Å². The maximum Gasteiger partial charge on any atom is 0.336 e. The Morgan fingerprint density at radius 2 is 0.870 bits per heavy atom. The van der Waals surface area contributed by atoms with Crippen molar-refractivity contribution in [1.82, 2.24) is 0 Å². The zero-order valence-electron chi connectivity index (χ0n) is 30.4. The Kier molecular flexibility index (Phi) is 12.3. The molecule has 0 radical (unpaired) electrons. The van der Waals surface area contributed by atoms with Crippen LogP contribution in [0.5, 0.6) is 23.0 Å². The second-order valence-electron chi connectivity index (χ2n) is 12.8. The van der Waals surface area contributed by atoms with E-state index in [0.29, 0.717) is 23.0 Å². The van der Waals surface area contributed by atoms with Crippen LogP contribution >= 0.6 is 0 Å². The standard InChI is InChI=1S/C46H42O8/c1-31(2)45(47)53-43(51-37-23-21-33-13-5-7-15-35(33)29-37)25-27-49-41-19-11-9-17-39(41)40-18-10-12-20-42(40)50-28-26-44(54-46(48)32(3)4)52-38-24-22-34-14-6-8-16-36(34)30-38/h5-24,29-30,43-44H,1,3,25-28H2,2,4H3. The number of ether oxygens (including phenoxy) is 6. The average molecular weight is 723 g/mol. The largest absolute Gasteiger partial charge is 0.493 e. The Morgan fingerprint density at radius 3 is 1.28 bits per heavy atom. The van der Waals surface area contributed by atoms with E-state index in [1.807, 2.05) is 133 Å². The Balaban J connectivity index is 1.13. The van der Waals surface area contributed by atoms with Crippen molar-refractivity contribution < 1.29 is 38.0 Å². The number of carbonyl (C=O) groups is 2. The molecule has 8 nitrogen and oxygen atoms in total. The maximum absolute atomic E-state index is 12.5. The SMILES string of the molecule is C=C(C)C(=O)OC(CCOc1ccccc1-c1ccccc1OCCC(OC(=O)C(=C)C)Oc1ccc2ccccc2c1)Oc1ccc2ccccc2c1. The van der Waals surface area contributed by atoms with E-state index in [0.717, 1.165) is 32.7 Å². The lowest BCUT2D eigenvalue weighted by atomic mass is 10.0. The molecule has 0 aliphatic carbocycles. The molecule has 6 aromatic rings. The van der Waals surface area contributed by atoms with E-state index in [4.69, 9.17) is 28.4 Å². The van der Waals surface area contributed by atoms with Crippen LogP contribution in [-0.4, -0.2) is 37.7 Å². The predicted molar refractivity (Wildman–Crippen MR) is 211 cm³/mol. The lowest BCUT2D eigenvalue weighted by Crippen LogP contribution is -2.27. The fourth-order valence-electron chi connectivity index (χ4n) is 5.67. The summed E-state index contributed by atoms with van der Waals surface area (Å²) in [6, 6.07) is 42.6. The summed E-state index contributed by atoms with van der Waals surface area (Å²) in [7, 11) is 0. The molecule has 274 valence electrons. The second kappa shape index (κ2) is 17.8. The van der Waals surface area contributed by atoms with Crippen molar-refractivity contribution in [2.75, 3.05) is 13.2 Å². The zero-order chi connectivity index (χ0) is 37.9. The molecule has 0 aromatic heterocycles. The minimum Gasteiger partial charge on any atom is -0.493 e. The lowest BCUT2D eigenvalue weighted by Gasteiger charge is -2.21. The minimum absolute atomic E-state index is 0.184. The summed E-state index contributed by atoms with van der Waals surface area (Å²) in [5.74, 6) is 1.25. The molecule has 8 heteroatoms. The van der Waals surface area contributed by atoms with Crippen molar-refractivity contribution in [3.63, 3.8) is 0 Å². The number of fused-ring (bicyclic) bond motifs is 2. The van der Waals surface area contributed by atoms with E-state index < -0.39 is 24.5 Å². The van der Waals surface area contributed by atoms with Crippen LogP contribution < -0.4 is 18.9 Å². The summed E-state index contributed by atoms with van der Waals surface area (Å²) in [4.78, 5) is 25.0. The molecule has 0 saturated carbocycles. The summed E-state index contributed by atoms with van der Waals surface area (Å²) in [5, 5.41) is 4.16. The topological polar surface area (TPSA) is 89.5 Å². The summed E-state index contributed by atoms with van der Waals surface area (Å²) >= 11 is 0. The van der Waals surface area contributed by atoms with Crippen LogP contribution in [0.25, 0.3) is 32.7 Å². The summed E-state index contributed by atoms with van der Waals surface area (Å²) in [6.07, 6.45) is -1.33. The number of esters is 2. The highest BCUT2D eigenvalue weighted by Gasteiger charge is 2.20. The number of benzene rings is 6. The average Bonchev–Trinajstić information content (AvgIpc) is 3.18. The van der Waals surface area contributed by atoms with Gasteiger partial charge in [-0.15, -0.1) is 0 Å². The van der Waals surface area contributed by atoms with Gasteiger partial charge >= 0.3 is 11.9 Å². The van der Waals surface area contributed by atoms with Crippen molar-refractivity contribution in [2.24, 2.45) is 0 Å². The molecule has 6 aromatic carbocycles. The van der Waals surface area contributed by atoms with Gasteiger partial charge in [0.15, 0.2) is 0 Å². The van der Waals surface area contributed by atoms with Crippen molar-refractivity contribution in [3.05, 3.63) is 158 Å². The molecule has 2 atom stereocenters. The monoisotopic (exact) mass is 722 g/mol. The second-order valence-corrected chi connectivity index (χ2v) is 12.8. The summed E-state index contributed by atoms with van der Waals surface area (Å²) in [5.41, 5.74) is 2.14. The molecule has 6 rings (SSSR count). The van der Waals surface area contributed by atoms with Gasteiger partial charge in [-0.3, -0.25) is 0 Å². The van der Waals surface area contributed by atoms with Gasteiger partial charge in [0.25, 0.3) is 0 Å². The van der Waals surface area contributed by atoms with E-state index in [1.54, 1.807) is 13.8 Å². The minimum atomic E-state index is -0.915. The van der Waals surface area contributed by atoms with Gasteiger partial charge < -0.3 is 28.4 Å². The number of para-hydroxylation sites is 2. The zero-order valence-corrected chi connectivity index (χ0v) is 30.4. The van der Waals surface area contributed by atoms with Gasteiger partial charge in [0, 0.05) is 22.3 Å². The summed E-state index contributed by atoms with van der Waals surface area (Å²) in [6.45, 7) is 11.0. The lowest BCUT2D eigenvalue weighted by molar-refractivity contribution is -0.161. The number of hydrogen-bond donors (Lipinski definition) is 0. The van der Waals surface area contributed by atoms with Crippen LogP contribution in [0.2, 0.25) is 0 Å². The van der Waals surface area contributed by atoms with Crippen molar-refractivity contribution in [3.8, 4) is 34.1 Å². The normalized spacial score (nSPS) is 12.0. The molecule has 2 unspecified atom stereocenters. The molecular formula is C46H42O8. The van der Waals surface area contributed by atoms with Crippen molar-refractivity contribution in [2.45, 2.75) is 39.3 Å². The first-order chi connectivity index (χ1) is 26.2. The fraction of sp³-hybridized carbons (Fsp3) is 0.174. The van der Waals surface area contributed by atoms with Crippen LogP contribution in [0.4, 0.5) is 0 Å². The number of carbonyl (C=O) groups excluding carboxylic acids is 2. The van der Waals surface area contributed by atoms with Crippen LogP contribution in [0.1, 0.15) is 26.7 Å². The Bertz CT molecular complexity index is 2110. The smallest absolute Gasteiger partial charge is 0.336 e. The third-order valence-electron chi connectivity index (χ3n) is 8.44. The van der Waals surface area contributed by atoms with Gasteiger partial charge in [-0.05, 0) is 71.8 Å². The maximum atomic E-state index is 12.5. The van der Waals surface area contributed by atoms with Crippen molar-refractivity contribution >= 4 is 33.5 Å². The fourth-order valence-corrected chi connectivity index (χ4v) is 5.67.